The molecule has 2 aromatic carbocycles. The van der Waals surface area contributed by atoms with Crippen LogP contribution in [0.3, 0.4) is 0 Å². The molecular weight excluding hydrogens is 923 g/mol. The minimum Gasteiger partial charge on any atom is -0.490 e. The van der Waals surface area contributed by atoms with Crippen LogP contribution in [0.4, 0.5) is 0 Å². The van der Waals surface area contributed by atoms with Crippen LogP contribution in [0.15, 0.2) is 42.2 Å². The monoisotopic (exact) mass is 935 g/mol. The number of ether oxygens (including phenoxy) is 2. The van der Waals surface area contributed by atoms with Gasteiger partial charge >= 0.3 is 0 Å². The number of hydrogen-bond donors (Lipinski definition) is 0. The molecule has 0 spiro atoms. The fourth-order valence-corrected chi connectivity index (χ4v) is 6.48. The molecule has 0 aromatic heterocycles. The second-order valence-corrected chi connectivity index (χ2v) is 14.0. The van der Waals surface area contributed by atoms with Crippen molar-refractivity contribution in [3.05, 3.63) is 53.3 Å². The van der Waals surface area contributed by atoms with E-state index in [0.717, 1.165) is 46.5 Å². The van der Waals surface area contributed by atoms with Crippen molar-refractivity contribution in [2.24, 2.45) is 0 Å². The molecule has 2 atom stereocenters. The molecule has 0 heterocycles. The van der Waals surface area contributed by atoms with Gasteiger partial charge < -0.3 is 9.47 Å². The van der Waals surface area contributed by atoms with Crippen molar-refractivity contribution in [2.45, 2.75) is 28.9 Å². The van der Waals surface area contributed by atoms with E-state index in [0.29, 0.717) is 13.2 Å². The van der Waals surface area contributed by atoms with Gasteiger partial charge in [-0.1, -0.05) is 70.6 Å². The molecule has 0 bridgehead atoms. The minimum absolute atomic E-state index is 0.223. The van der Waals surface area contributed by atoms with Crippen LogP contribution in [-0.2, 0) is 0 Å². The quantitative estimate of drug-likeness (QED) is 0.209. The first-order chi connectivity index (χ1) is 14.7. The summed E-state index contributed by atoms with van der Waals surface area (Å²) in [7, 11) is 0. The topological polar surface area (TPSA) is 18.5 Å². The van der Waals surface area contributed by atoms with Crippen molar-refractivity contribution < 1.29 is 9.47 Å². The van der Waals surface area contributed by atoms with Crippen molar-refractivity contribution >= 4 is 127 Å². The Hall–Kier alpha value is 1.88. The molecule has 2 nitrogen and oxygen atoms in total. The van der Waals surface area contributed by atoms with E-state index in [-0.39, 0.29) is 15.6 Å². The predicted octanol–water partition coefficient (Wildman–Crippen LogP) is 10.4. The van der Waals surface area contributed by atoms with Crippen LogP contribution in [0.1, 0.15) is 30.4 Å². The van der Waals surface area contributed by atoms with Crippen LogP contribution < -0.4 is 9.47 Å². The van der Waals surface area contributed by atoms with Crippen molar-refractivity contribution in [1.29, 1.82) is 0 Å². The van der Waals surface area contributed by atoms with E-state index in [9.17, 15) is 0 Å². The Morgan fingerprint density at radius 1 is 0.677 bits per heavy atom. The molecule has 10 heteroatoms. The van der Waals surface area contributed by atoms with Crippen LogP contribution >= 0.6 is 127 Å². The average molecular weight is 944 g/mol. The lowest BCUT2D eigenvalue weighted by molar-refractivity contribution is 0.321. The molecule has 2 unspecified atom stereocenters. The molecule has 172 valence electrons. The summed E-state index contributed by atoms with van der Waals surface area (Å²) in [4.78, 5) is 0.498. The molecule has 2 aromatic rings. The highest BCUT2D eigenvalue weighted by Crippen LogP contribution is 2.42. The van der Waals surface area contributed by atoms with Gasteiger partial charge in [0, 0.05) is 16.6 Å². The third-order valence-corrected chi connectivity index (χ3v) is 11.2. The van der Waals surface area contributed by atoms with E-state index in [1.54, 1.807) is 0 Å². The number of benzene rings is 2. The largest absolute Gasteiger partial charge is 0.490 e. The van der Waals surface area contributed by atoms with Gasteiger partial charge in [-0.15, -0.1) is 0 Å². The molecule has 0 aliphatic heterocycles. The summed E-state index contributed by atoms with van der Waals surface area (Å²) in [6, 6.07) is 8.57. The smallest absolute Gasteiger partial charge is 0.147 e. The zero-order chi connectivity index (χ0) is 23.1. The fourth-order valence-electron chi connectivity index (χ4n) is 2.94. The maximum absolute atomic E-state index is 5.99. The minimum atomic E-state index is 0.223. The zero-order valence-electron chi connectivity index (χ0n) is 16.4. The number of alkyl halides is 4. The molecular formula is C21H20Br8O2. The van der Waals surface area contributed by atoms with Gasteiger partial charge in [0.05, 0.1) is 27.5 Å². The first-order valence-electron chi connectivity index (χ1n) is 9.35. The summed E-state index contributed by atoms with van der Waals surface area (Å²) in [5.41, 5.74) is 2.41. The van der Waals surface area contributed by atoms with Gasteiger partial charge in [0.2, 0.25) is 0 Å². The van der Waals surface area contributed by atoms with E-state index in [4.69, 9.17) is 9.47 Å². The van der Waals surface area contributed by atoms with Crippen molar-refractivity contribution in [3.63, 3.8) is 0 Å². The highest BCUT2D eigenvalue weighted by atomic mass is 79.9. The molecule has 0 saturated heterocycles. The van der Waals surface area contributed by atoms with Crippen LogP contribution in [0.5, 0.6) is 11.5 Å². The Kier molecular flexibility index (Phi) is 13.6. The summed E-state index contributed by atoms with van der Waals surface area (Å²) < 4.78 is 15.7. The summed E-state index contributed by atoms with van der Waals surface area (Å²) in [6.45, 7) is 3.34. The van der Waals surface area contributed by atoms with Crippen molar-refractivity contribution in [1.82, 2.24) is 0 Å². The van der Waals surface area contributed by atoms with Gasteiger partial charge in [0.25, 0.3) is 0 Å². The fraction of sp³-hybridized carbons (Fsp3) is 0.429. The van der Waals surface area contributed by atoms with E-state index in [1.165, 1.54) is 11.1 Å². The average Bonchev–Trinajstić information content (AvgIpc) is 2.72. The van der Waals surface area contributed by atoms with Gasteiger partial charge in [-0.25, -0.2) is 0 Å². The molecule has 0 aliphatic rings. The highest BCUT2D eigenvalue weighted by Gasteiger charge is 2.20. The van der Waals surface area contributed by atoms with Crippen LogP contribution in [0.25, 0.3) is 0 Å². The standard InChI is InChI=1S/C21H20Br8O2/c1-2-15(11-3-16(26)20(17(27)4-11)30-9-13(24)7-22)12-5-18(28)21(19(29)6-12)31-10-14(25)8-23/h3-6,13-15H,2,7-10H2,1H3. The van der Waals surface area contributed by atoms with E-state index >= 15 is 0 Å². The van der Waals surface area contributed by atoms with Gasteiger partial charge in [0.15, 0.2) is 0 Å². The number of hydrogen-bond acceptors (Lipinski definition) is 2. The van der Waals surface area contributed by atoms with Crippen LogP contribution in [0.2, 0.25) is 0 Å². The normalized spacial score (nSPS) is 14.2. The van der Waals surface area contributed by atoms with Gasteiger partial charge in [-0.3, -0.25) is 0 Å². The Balaban J connectivity index is 2.31. The number of rotatable bonds is 11. The lowest BCUT2D eigenvalue weighted by Crippen LogP contribution is -2.13. The number of halogens is 8. The molecule has 0 N–H and O–H groups in total. The SMILES string of the molecule is CCC(c1cc(Br)c(OCC(Br)CBr)c(Br)c1)c1cc(Br)c(OCC(Br)CBr)c(Br)c1. The lowest BCUT2D eigenvalue weighted by atomic mass is 9.89. The van der Waals surface area contributed by atoms with Crippen LogP contribution in [0, 0.1) is 0 Å². The molecule has 31 heavy (non-hydrogen) atoms. The first-order valence-corrected chi connectivity index (χ1v) is 16.6. The predicted molar refractivity (Wildman–Crippen MR) is 160 cm³/mol. The van der Waals surface area contributed by atoms with E-state index in [1.807, 2.05) is 0 Å². The molecule has 0 amide bonds. The maximum atomic E-state index is 5.99. The Morgan fingerprint density at radius 2 is 1.00 bits per heavy atom. The third-order valence-electron chi connectivity index (χ3n) is 4.41. The highest BCUT2D eigenvalue weighted by molar-refractivity contribution is 9.12. The Labute approximate surface area is 251 Å². The van der Waals surface area contributed by atoms with Gasteiger partial charge in [0.1, 0.15) is 24.7 Å². The molecule has 0 aliphatic carbocycles. The second-order valence-electron chi connectivity index (χ2n) is 6.71. The summed E-state index contributed by atoms with van der Waals surface area (Å²) in [5, 5.41) is 1.65. The lowest BCUT2D eigenvalue weighted by Gasteiger charge is -2.21. The van der Waals surface area contributed by atoms with Crippen molar-refractivity contribution in [3.8, 4) is 11.5 Å². The van der Waals surface area contributed by atoms with Crippen LogP contribution in [-0.4, -0.2) is 33.5 Å². The zero-order valence-corrected chi connectivity index (χ0v) is 29.1. The van der Waals surface area contributed by atoms with Gasteiger partial charge in [-0.2, -0.15) is 0 Å². The molecule has 0 radical (unpaired) electrons. The van der Waals surface area contributed by atoms with E-state index in [2.05, 4.69) is 159 Å². The third kappa shape index (κ3) is 8.50. The Morgan fingerprint density at radius 3 is 1.26 bits per heavy atom. The first kappa shape index (κ1) is 29.1. The summed E-state index contributed by atoms with van der Waals surface area (Å²) in [5.74, 6) is 1.85. The van der Waals surface area contributed by atoms with E-state index < -0.39 is 0 Å². The summed E-state index contributed by atoms with van der Waals surface area (Å²) >= 11 is 28.8. The summed E-state index contributed by atoms with van der Waals surface area (Å²) in [6.07, 6.45) is 0.957. The van der Waals surface area contributed by atoms with Crippen molar-refractivity contribution in [2.75, 3.05) is 23.9 Å². The second kappa shape index (κ2) is 14.4. The molecule has 0 fully saturated rings. The Bertz CT molecular complexity index is 761. The van der Waals surface area contributed by atoms with Gasteiger partial charge in [-0.05, 0) is 106 Å². The molecule has 2 rings (SSSR count). The molecule has 0 saturated carbocycles. The maximum Gasteiger partial charge on any atom is 0.147 e.